The van der Waals surface area contributed by atoms with Crippen LogP contribution in [0, 0.1) is 14.9 Å². The van der Waals surface area contributed by atoms with E-state index in [4.69, 9.17) is 14.2 Å². The Morgan fingerprint density at radius 1 is 1.15 bits per heavy atom. The summed E-state index contributed by atoms with van der Waals surface area (Å²) in [6, 6.07) is 11.2. The topological polar surface area (TPSA) is 124 Å². The normalized spacial score (nSPS) is 10.6. The molecule has 172 valence electrons. The van der Waals surface area contributed by atoms with Crippen LogP contribution >= 0.6 is 22.6 Å². The minimum Gasteiger partial charge on any atom is -0.493 e. The van der Waals surface area contributed by atoms with Crippen LogP contribution in [0.3, 0.4) is 0 Å². The second kappa shape index (κ2) is 12.4. The number of benzene rings is 2. The highest BCUT2D eigenvalue weighted by atomic mass is 127. The number of nitrogens with one attached hydrogen (secondary N) is 1. The molecule has 2 aromatic carbocycles. The van der Waals surface area contributed by atoms with Crippen molar-refractivity contribution in [1.82, 2.24) is 0 Å². The molecule has 0 radical (unpaired) electrons. The van der Waals surface area contributed by atoms with E-state index in [0.29, 0.717) is 31.9 Å². The van der Waals surface area contributed by atoms with Gasteiger partial charge in [-0.2, -0.15) is 5.26 Å². The number of esters is 2. The van der Waals surface area contributed by atoms with Crippen LogP contribution in [0.15, 0.2) is 42.0 Å². The molecular formula is C23H21IN2O7. The van der Waals surface area contributed by atoms with E-state index in [2.05, 4.69) is 10.1 Å². The SMILES string of the molecule is CCOC(=O)c1ccc(NC(=O)/C(C#N)=C/c2cc(I)c(OCC(=O)OC)c(OC)c2)cc1. The summed E-state index contributed by atoms with van der Waals surface area (Å²) in [5.41, 5.74) is 1.13. The smallest absolute Gasteiger partial charge is 0.343 e. The molecule has 2 rings (SSSR count). The van der Waals surface area contributed by atoms with Crippen molar-refractivity contribution < 1.29 is 33.3 Å². The van der Waals surface area contributed by atoms with E-state index in [0.717, 1.165) is 0 Å². The van der Waals surface area contributed by atoms with E-state index in [9.17, 15) is 19.6 Å². The van der Waals surface area contributed by atoms with E-state index in [1.54, 1.807) is 31.2 Å². The van der Waals surface area contributed by atoms with Gasteiger partial charge in [0.1, 0.15) is 11.6 Å². The first-order chi connectivity index (χ1) is 15.8. The molecule has 0 unspecified atom stereocenters. The van der Waals surface area contributed by atoms with Gasteiger partial charge in [-0.25, -0.2) is 9.59 Å². The van der Waals surface area contributed by atoms with Crippen LogP contribution in [-0.2, 0) is 19.1 Å². The summed E-state index contributed by atoms with van der Waals surface area (Å²) in [7, 11) is 2.69. The second-order valence-corrected chi connectivity index (χ2v) is 7.48. The van der Waals surface area contributed by atoms with Gasteiger partial charge in [-0.3, -0.25) is 4.79 Å². The van der Waals surface area contributed by atoms with Crippen LogP contribution < -0.4 is 14.8 Å². The number of halogens is 1. The van der Waals surface area contributed by atoms with Crippen LogP contribution in [0.25, 0.3) is 6.08 Å². The third kappa shape index (κ3) is 7.21. The highest BCUT2D eigenvalue weighted by molar-refractivity contribution is 14.1. The second-order valence-electron chi connectivity index (χ2n) is 6.32. The standard InChI is InChI=1S/C23H21IN2O7/c1-4-32-23(29)15-5-7-17(8-6-15)26-22(28)16(12-25)9-14-10-18(24)21(19(11-14)30-2)33-13-20(27)31-3/h5-11H,4,13H2,1-3H3,(H,26,28)/b16-9+. The lowest BCUT2D eigenvalue weighted by Gasteiger charge is -2.13. The number of hydrogen-bond donors (Lipinski definition) is 1. The monoisotopic (exact) mass is 564 g/mol. The number of carbonyl (C=O) groups is 3. The zero-order chi connectivity index (χ0) is 24.4. The third-order valence-electron chi connectivity index (χ3n) is 4.14. The van der Waals surface area contributed by atoms with Gasteiger partial charge in [0.05, 0.1) is 30.0 Å². The Morgan fingerprint density at radius 2 is 1.85 bits per heavy atom. The van der Waals surface area contributed by atoms with Gasteiger partial charge < -0.3 is 24.3 Å². The fourth-order valence-corrected chi connectivity index (χ4v) is 3.35. The maximum absolute atomic E-state index is 12.6. The summed E-state index contributed by atoms with van der Waals surface area (Å²) < 4.78 is 20.9. The molecule has 2 aromatic rings. The lowest BCUT2D eigenvalue weighted by Crippen LogP contribution is -2.14. The van der Waals surface area contributed by atoms with Gasteiger partial charge in [-0.15, -0.1) is 0 Å². The number of amides is 1. The highest BCUT2D eigenvalue weighted by Gasteiger charge is 2.15. The van der Waals surface area contributed by atoms with Gasteiger partial charge in [-0.05, 0) is 77.6 Å². The van der Waals surface area contributed by atoms with Crippen molar-refractivity contribution in [3.8, 4) is 17.6 Å². The summed E-state index contributed by atoms with van der Waals surface area (Å²) in [4.78, 5) is 35.7. The van der Waals surface area contributed by atoms with Gasteiger partial charge >= 0.3 is 11.9 Å². The van der Waals surface area contributed by atoms with Crippen LogP contribution in [0.2, 0.25) is 0 Å². The number of ether oxygens (including phenoxy) is 4. The number of carbonyl (C=O) groups excluding carboxylic acids is 3. The van der Waals surface area contributed by atoms with Gasteiger partial charge in [0, 0.05) is 5.69 Å². The van der Waals surface area contributed by atoms with Crippen molar-refractivity contribution in [3.63, 3.8) is 0 Å². The molecule has 0 spiro atoms. The van der Waals surface area contributed by atoms with E-state index < -0.39 is 17.8 Å². The van der Waals surface area contributed by atoms with E-state index in [-0.39, 0.29) is 18.8 Å². The maximum Gasteiger partial charge on any atom is 0.343 e. The van der Waals surface area contributed by atoms with Crippen LogP contribution in [0.5, 0.6) is 11.5 Å². The number of nitrogens with zero attached hydrogens (tertiary/aromatic N) is 1. The molecule has 1 N–H and O–H groups in total. The molecule has 33 heavy (non-hydrogen) atoms. The van der Waals surface area contributed by atoms with Crippen molar-refractivity contribution in [2.45, 2.75) is 6.92 Å². The first kappa shape index (κ1) is 25.7. The van der Waals surface area contributed by atoms with Crippen molar-refractivity contribution >= 4 is 52.2 Å². The molecular weight excluding hydrogens is 543 g/mol. The Bertz CT molecular complexity index is 1110. The summed E-state index contributed by atoms with van der Waals surface area (Å²) >= 11 is 2.00. The average molecular weight is 564 g/mol. The molecule has 0 fully saturated rings. The van der Waals surface area contributed by atoms with Gasteiger partial charge in [-0.1, -0.05) is 0 Å². The summed E-state index contributed by atoms with van der Waals surface area (Å²) in [6.45, 7) is 1.68. The van der Waals surface area contributed by atoms with Gasteiger partial charge in [0.25, 0.3) is 5.91 Å². The van der Waals surface area contributed by atoms with Crippen molar-refractivity contribution in [3.05, 3.63) is 56.7 Å². The zero-order valence-corrected chi connectivity index (χ0v) is 20.3. The summed E-state index contributed by atoms with van der Waals surface area (Å²) in [5.74, 6) is -0.970. The Morgan fingerprint density at radius 3 is 2.42 bits per heavy atom. The summed E-state index contributed by atoms with van der Waals surface area (Å²) in [5, 5.41) is 12.1. The van der Waals surface area contributed by atoms with Gasteiger partial charge in [0.15, 0.2) is 18.1 Å². The predicted molar refractivity (Wildman–Crippen MR) is 128 cm³/mol. The van der Waals surface area contributed by atoms with Crippen LogP contribution in [-0.4, -0.2) is 45.3 Å². The number of hydrogen-bond acceptors (Lipinski definition) is 8. The molecule has 1 amide bonds. The van der Waals surface area contributed by atoms with Crippen molar-refractivity contribution in [2.75, 3.05) is 32.8 Å². The fourth-order valence-electron chi connectivity index (χ4n) is 2.57. The molecule has 9 nitrogen and oxygen atoms in total. The van der Waals surface area contributed by atoms with E-state index in [1.807, 2.05) is 28.7 Å². The molecule has 0 atom stereocenters. The Balaban J connectivity index is 2.21. The quantitative estimate of drug-likeness (QED) is 0.212. The molecule has 0 saturated carbocycles. The minimum absolute atomic E-state index is 0.148. The highest BCUT2D eigenvalue weighted by Crippen LogP contribution is 2.34. The minimum atomic E-state index is -0.624. The largest absolute Gasteiger partial charge is 0.493 e. The van der Waals surface area contributed by atoms with Gasteiger partial charge in [0.2, 0.25) is 0 Å². The number of rotatable bonds is 9. The van der Waals surface area contributed by atoms with E-state index >= 15 is 0 Å². The number of nitriles is 1. The number of methoxy groups -OCH3 is 2. The maximum atomic E-state index is 12.6. The fraction of sp³-hybridized carbons (Fsp3) is 0.217. The Kier molecular flexibility index (Phi) is 9.68. The zero-order valence-electron chi connectivity index (χ0n) is 18.1. The van der Waals surface area contributed by atoms with E-state index in [1.165, 1.54) is 32.4 Å². The third-order valence-corrected chi connectivity index (χ3v) is 4.95. The first-order valence-electron chi connectivity index (χ1n) is 9.60. The van der Waals surface area contributed by atoms with Crippen LogP contribution in [0.1, 0.15) is 22.8 Å². The number of anilines is 1. The predicted octanol–water partition coefficient (Wildman–Crippen LogP) is 3.57. The Labute approximate surface area is 204 Å². The molecule has 0 aliphatic heterocycles. The lowest BCUT2D eigenvalue weighted by atomic mass is 10.1. The molecule has 0 aliphatic rings. The molecule has 10 heteroatoms. The average Bonchev–Trinajstić information content (AvgIpc) is 2.81. The molecule has 0 bridgehead atoms. The first-order valence-corrected chi connectivity index (χ1v) is 10.7. The Hall–Kier alpha value is -3.59. The van der Waals surface area contributed by atoms with Crippen molar-refractivity contribution in [2.24, 2.45) is 0 Å². The summed E-state index contributed by atoms with van der Waals surface area (Å²) in [6.07, 6.45) is 1.40. The molecule has 0 aliphatic carbocycles. The lowest BCUT2D eigenvalue weighted by molar-refractivity contribution is -0.143. The van der Waals surface area contributed by atoms with Crippen LogP contribution in [0.4, 0.5) is 5.69 Å². The molecule has 0 aromatic heterocycles. The van der Waals surface area contributed by atoms with Crippen molar-refractivity contribution in [1.29, 1.82) is 5.26 Å². The molecule has 0 saturated heterocycles. The molecule has 0 heterocycles.